The summed E-state index contributed by atoms with van der Waals surface area (Å²) in [6, 6.07) is 0. The summed E-state index contributed by atoms with van der Waals surface area (Å²) in [6.07, 6.45) is 7.16. The summed E-state index contributed by atoms with van der Waals surface area (Å²) in [7, 11) is 0. The maximum absolute atomic E-state index is 5.77. The van der Waals surface area contributed by atoms with Gasteiger partial charge in [0.2, 0.25) is 0 Å². The smallest absolute Gasteiger partial charge is 0.0200 e. The highest BCUT2D eigenvalue weighted by Gasteiger charge is 2.44. The van der Waals surface area contributed by atoms with Crippen LogP contribution in [0.5, 0.6) is 0 Å². The van der Waals surface area contributed by atoms with Gasteiger partial charge in [-0.3, -0.25) is 0 Å². The molecule has 1 aliphatic carbocycles. The molecule has 2 fully saturated rings. The fourth-order valence-electron chi connectivity index (χ4n) is 2.64. The van der Waals surface area contributed by atoms with E-state index in [1.165, 1.54) is 37.9 Å². The van der Waals surface area contributed by atoms with E-state index in [0.717, 1.165) is 12.5 Å². The van der Waals surface area contributed by atoms with Crippen molar-refractivity contribution in [1.29, 1.82) is 0 Å². The molecule has 1 saturated heterocycles. The van der Waals surface area contributed by atoms with Gasteiger partial charge in [0, 0.05) is 4.75 Å². The quantitative estimate of drug-likeness (QED) is 0.653. The fraction of sp³-hybridized carbons (Fsp3) is 1.00. The Hall–Kier alpha value is 0.310. The van der Waals surface area contributed by atoms with Crippen molar-refractivity contribution in [2.24, 2.45) is 11.7 Å². The second-order valence-electron chi connectivity index (χ2n) is 3.84. The van der Waals surface area contributed by atoms with Crippen LogP contribution in [0.3, 0.4) is 0 Å². The zero-order valence-corrected chi connectivity index (χ0v) is 7.83. The van der Waals surface area contributed by atoms with Crippen LogP contribution in [-0.4, -0.2) is 17.0 Å². The van der Waals surface area contributed by atoms with Crippen molar-refractivity contribution in [3.8, 4) is 0 Å². The Morgan fingerprint density at radius 1 is 1.36 bits per heavy atom. The van der Waals surface area contributed by atoms with Crippen LogP contribution >= 0.6 is 11.8 Å². The Morgan fingerprint density at radius 2 is 2.09 bits per heavy atom. The zero-order valence-electron chi connectivity index (χ0n) is 7.01. The molecular weight excluding hydrogens is 154 g/mol. The third-order valence-corrected chi connectivity index (χ3v) is 5.09. The average molecular weight is 171 g/mol. The molecule has 1 heterocycles. The molecule has 2 N–H and O–H groups in total. The Bertz CT molecular complexity index is 135. The molecule has 0 bridgehead atoms. The van der Waals surface area contributed by atoms with Crippen LogP contribution in [0.1, 0.15) is 32.1 Å². The van der Waals surface area contributed by atoms with Crippen LogP contribution in [0.25, 0.3) is 0 Å². The molecule has 1 nitrogen and oxygen atoms in total. The van der Waals surface area contributed by atoms with E-state index in [4.69, 9.17) is 5.73 Å². The van der Waals surface area contributed by atoms with E-state index in [1.54, 1.807) is 0 Å². The van der Waals surface area contributed by atoms with Crippen molar-refractivity contribution in [1.82, 2.24) is 0 Å². The van der Waals surface area contributed by atoms with Crippen LogP contribution in [0, 0.1) is 5.92 Å². The van der Waals surface area contributed by atoms with Gasteiger partial charge in [0.05, 0.1) is 0 Å². The summed E-state index contributed by atoms with van der Waals surface area (Å²) in [5.74, 6) is 2.21. The van der Waals surface area contributed by atoms with Gasteiger partial charge in [0.25, 0.3) is 0 Å². The number of nitrogens with two attached hydrogens (primary N) is 1. The molecule has 1 atom stereocenters. The fourth-order valence-corrected chi connectivity index (χ4v) is 4.48. The van der Waals surface area contributed by atoms with Crippen molar-refractivity contribution < 1.29 is 0 Å². The van der Waals surface area contributed by atoms with Crippen molar-refractivity contribution in [3.05, 3.63) is 0 Å². The molecular formula is C9H17NS. The van der Waals surface area contributed by atoms with Gasteiger partial charge >= 0.3 is 0 Å². The lowest BCUT2D eigenvalue weighted by Crippen LogP contribution is -2.32. The van der Waals surface area contributed by atoms with E-state index < -0.39 is 0 Å². The monoisotopic (exact) mass is 171 g/mol. The van der Waals surface area contributed by atoms with Gasteiger partial charge < -0.3 is 5.73 Å². The molecule has 1 spiro atoms. The maximum Gasteiger partial charge on any atom is 0.0200 e. The first-order valence-electron chi connectivity index (χ1n) is 4.71. The lowest BCUT2D eigenvalue weighted by atomic mass is 9.88. The van der Waals surface area contributed by atoms with Gasteiger partial charge in [-0.15, -0.1) is 0 Å². The zero-order chi connectivity index (χ0) is 7.73. The van der Waals surface area contributed by atoms with Crippen molar-refractivity contribution in [2.45, 2.75) is 36.9 Å². The second-order valence-corrected chi connectivity index (χ2v) is 5.35. The molecule has 0 amide bonds. The van der Waals surface area contributed by atoms with E-state index in [1.807, 2.05) is 0 Å². The van der Waals surface area contributed by atoms with Gasteiger partial charge in [-0.05, 0) is 37.5 Å². The third kappa shape index (κ3) is 1.20. The highest BCUT2D eigenvalue weighted by atomic mass is 32.2. The van der Waals surface area contributed by atoms with Crippen LogP contribution in [0.15, 0.2) is 0 Å². The maximum atomic E-state index is 5.77. The minimum atomic E-state index is 0.648. The number of rotatable bonds is 1. The van der Waals surface area contributed by atoms with Crippen molar-refractivity contribution >= 4 is 11.8 Å². The molecule has 1 saturated carbocycles. The summed E-state index contributed by atoms with van der Waals surface area (Å²) >= 11 is 2.20. The minimum absolute atomic E-state index is 0.648. The number of hydrogen-bond donors (Lipinski definition) is 1. The first-order chi connectivity index (χ1) is 5.37. The van der Waals surface area contributed by atoms with Crippen LogP contribution in [0.4, 0.5) is 0 Å². The SMILES string of the molecule is NCC1CCSC12CCCC2. The lowest BCUT2D eigenvalue weighted by molar-refractivity contribution is 0.402. The van der Waals surface area contributed by atoms with E-state index in [9.17, 15) is 0 Å². The molecule has 2 aliphatic rings. The van der Waals surface area contributed by atoms with Crippen LogP contribution < -0.4 is 5.73 Å². The molecule has 64 valence electrons. The molecule has 1 unspecified atom stereocenters. The predicted molar refractivity (Wildman–Crippen MR) is 50.8 cm³/mol. The predicted octanol–water partition coefficient (Wildman–Crippen LogP) is 2.01. The minimum Gasteiger partial charge on any atom is -0.330 e. The molecule has 0 aromatic rings. The molecule has 0 aromatic carbocycles. The summed E-state index contributed by atoms with van der Waals surface area (Å²) in [6.45, 7) is 0.924. The average Bonchev–Trinajstić information content (AvgIpc) is 2.62. The Morgan fingerprint density at radius 3 is 2.73 bits per heavy atom. The lowest BCUT2D eigenvalue weighted by Gasteiger charge is -2.28. The molecule has 0 aromatic heterocycles. The normalized spacial score (nSPS) is 35.2. The first-order valence-corrected chi connectivity index (χ1v) is 5.70. The second kappa shape index (κ2) is 2.98. The third-order valence-electron chi connectivity index (χ3n) is 3.33. The van der Waals surface area contributed by atoms with Gasteiger partial charge in [0.1, 0.15) is 0 Å². The molecule has 2 rings (SSSR count). The standard InChI is InChI=1S/C9H17NS/c10-7-8-3-6-11-9(8)4-1-2-5-9/h8H,1-7,10H2. The summed E-state index contributed by atoms with van der Waals surface area (Å²) in [5.41, 5.74) is 5.77. The van der Waals surface area contributed by atoms with Gasteiger partial charge in [-0.25, -0.2) is 0 Å². The Balaban J connectivity index is 2.09. The molecule has 11 heavy (non-hydrogen) atoms. The van der Waals surface area contributed by atoms with E-state index in [0.29, 0.717) is 4.75 Å². The molecule has 0 radical (unpaired) electrons. The van der Waals surface area contributed by atoms with Crippen molar-refractivity contribution in [3.63, 3.8) is 0 Å². The largest absolute Gasteiger partial charge is 0.330 e. The van der Waals surface area contributed by atoms with E-state index in [2.05, 4.69) is 11.8 Å². The van der Waals surface area contributed by atoms with Gasteiger partial charge in [-0.2, -0.15) is 11.8 Å². The van der Waals surface area contributed by atoms with Gasteiger partial charge in [0.15, 0.2) is 0 Å². The van der Waals surface area contributed by atoms with Crippen LogP contribution in [0.2, 0.25) is 0 Å². The molecule has 2 heteroatoms. The summed E-state index contributed by atoms with van der Waals surface area (Å²) in [4.78, 5) is 0. The number of thioether (sulfide) groups is 1. The Kier molecular flexibility index (Phi) is 2.15. The van der Waals surface area contributed by atoms with Gasteiger partial charge in [-0.1, -0.05) is 12.8 Å². The summed E-state index contributed by atoms with van der Waals surface area (Å²) in [5, 5.41) is 0. The van der Waals surface area contributed by atoms with E-state index >= 15 is 0 Å². The van der Waals surface area contributed by atoms with Crippen molar-refractivity contribution in [2.75, 3.05) is 12.3 Å². The first kappa shape index (κ1) is 7.93. The van der Waals surface area contributed by atoms with Crippen LogP contribution in [-0.2, 0) is 0 Å². The summed E-state index contributed by atoms with van der Waals surface area (Å²) < 4.78 is 0.648. The molecule has 1 aliphatic heterocycles. The Labute approximate surface area is 73.1 Å². The van der Waals surface area contributed by atoms with E-state index in [-0.39, 0.29) is 0 Å². The highest BCUT2D eigenvalue weighted by molar-refractivity contribution is 8.00. The highest BCUT2D eigenvalue weighted by Crippen LogP contribution is 2.52. The number of hydrogen-bond acceptors (Lipinski definition) is 2. The topological polar surface area (TPSA) is 26.0 Å².